The van der Waals surface area contributed by atoms with Gasteiger partial charge >= 0.3 is 0 Å². The van der Waals surface area contributed by atoms with Crippen molar-refractivity contribution in [2.75, 3.05) is 5.32 Å². The largest absolute Gasteiger partial charge is 0.322 e. The lowest BCUT2D eigenvalue weighted by Crippen LogP contribution is -2.13. The van der Waals surface area contributed by atoms with E-state index in [-0.39, 0.29) is 5.91 Å². The average Bonchev–Trinajstić information content (AvgIpc) is 2.34. The lowest BCUT2D eigenvalue weighted by Gasteiger charge is -2.08. The summed E-state index contributed by atoms with van der Waals surface area (Å²) in [7, 11) is 0. The molecule has 0 aliphatic carbocycles. The second-order valence-electron chi connectivity index (χ2n) is 3.90. The number of aryl methyl sites for hydroxylation is 1. The highest BCUT2D eigenvalue weighted by Crippen LogP contribution is 2.20. The van der Waals surface area contributed by atoms with Crippen LogP contribution in [0.1, 0.15) is 15.9 Å². The van der Waals surface area contributed by atoms with Gasteiger partial charge in [0.25, 0.3) is 5.91 Å². The minimum atomic E-state index is -0.405. The van der Waals surface area contributed by atoms with Crippen molar-refractivity contribution >= 4 is 27.5 Å². The summed E-state index contributed by atoms with van der Waals surface area (Å²) in [5.41, 5.74) is 1.90. The topological polar surface area (TPSA) is 29.1 Å². The smallest absolute Gasteiger partial charge is 0.255 e. The second kappa shape index (κ2) is 5.31. The molecule has 4 heteroatoms. The van der Waals surface area contributed by atoms with Crippen molar-refractivity contribution in [2.45, 2.75) is 6.92 Å². The maximum atomic E-state index is 13.3. The zero-order valence-electron chi connectivity index (χ0n) is 9.71. The van der Waals surface area contributed by atoms with Gasteiger partial charge in [-0.05, 0) is 52.7 Å². The third kappa shape index (κ3) is 2.76. The Balaban J connectivity index is 2.22. The van der Waals surface area contributed by atoms with Gasteiger partial charge in [0.15, 0.2) is 0 Å². The van der Waals surface area contributed by atoms with Gasteiger partial charge < -0.3 is 5.32 Å². The fourth-order valence-corrected chi connectivity index (χ4v) is 1.85. The summed E-state index contributed by atoms with van der Waals surface area (Å²) in [6.45, 7) is 1.86. The van der Waals surface area contributed by atoms with Gasteiger partial charge in [0.1, 0.15) is 5.82 Å². The van der Waals surface area contributed by atoms with Crippen LogP contribution < -0.4 is 5.32 Å². The van der Waals surface area contributed by atoms with E-state index in [1.165, 1.54) is 6.07 Å². The van der Waals surface area contributed by atoms with Gasteiger partial charge in [-0.15, -0.1) is 0 Å². The van der Waals surface area contributed by atoms with Gasteiger partial charge in [0.2, 0.25) is 0 Å². The first kappa shape index (κ1) is 12.8. The van der Waals surface area contributed by atoms with E-state index in [1.54, 1.807) is 24.3 Å². The summed E-state index contributed by atoms with van der Waals surface area (Å²) in [5, 5.41) is 2.67. The Labute approximate surface area is 113 Å². The van der Waals surface area contributed by atoms with Crippen LogP contribution in [-0.4, -0.2) is 5.91 Å². The van der Waals surface area contributed by atoms with Crippen molar-refractivity contribution in [3.05, 3.63) is 63.9 Å². The summed E-state index contributed by atoms with van der Waals surface area (Å²) in [4.78, 5) is 12.0. The maximum Gasteiger partial charge on any atom is 0.255 e. The molecule has 1 amide bonds. The number of anilines is 1. The molecule has 0 unspecified atom stereocenters. The maximum absolute atomic E-state index is 13.3. The fourth-order valence-electron chi connectivity index (χ4n) is 1.60. The monoisotopic (exact) mass is 307 g/mol. The van der Waals surface area contributed by atoms with Crippen LogP contribution in [0.2, 0.25) is 0 Å². The average molecular weight is 308 g/mol. The van der Waals surface area contributed by atoms with Crippen molar-refractivity contribution in [3.8, 4) is 0 Å². The van der Waals surface area contributed by atoms with E-state index in [0.29, 0.717) is 15.7 Å². The van der Waals surface area contributed by atoms with Crippen molar-refractivity contribution in [1.29, 1.82) is 0 Å². The molecule has 1 N–H and O–H groups in total. The minimum Gasteiger partial charge on any atom is -0.322 e. The van der Waals surface area contributed by atoms with Crippen LogP contribution >= 0.6 is 15.9 Å². The summed E-state index contributed by atoms with van der Waals surface area (Å²) < 4.78 is 13.7. The third-order valence-corrected chi connectivity index (χ3v) is 3.21. The van der Waals surface area contributed by atoms with Crippen LogP contribution in [0.15, 0.2) is 46.9 Å². The Morgan fingerprint density at radius 3 is 2.61 bits per heavy atom. The SMILES string of the molecule is Cc1ccccc1C(=O)Nc1ccc(Br)c(F)c1. The molecular weight excluding hydrogens is 297 g/mol. The molecule has 0 saturated carbocycles. The summed E-state index contributed by atoms with van der Waals surface area (Å²) in [5.74, 6) is -0.646. The van der Waals surface area contributed by atoms with E-state index in [2.05, 4.69) is 21.2 Å². The molecule has 0 bridgehead atoms. The van der Waals surface area contributed by atoms with Crippen LogP contribution in [0.3, 0.4) is 0 Å². The number of amides is 1. The molecule has 18 heavy (non-hydrogen) atoms. The van der Waals surface area contributed by atoms with Gasteiger partial charge in [-0.2, -0.15) is 0 Å². The Bertz CT molecular complexity index is 598. The van der Waals surface area contributed by atoms with Gasteiger partial charge in [0, 0.05) is 11.3 Å². The van der Waals surface area contributed by atoms with E-state index in [0.717, 1.165) is 5.56 Å². The number of hydrogen-bond donors (Lipinski definition) is 1. The summed E-state index contributed by atoms with van der Waals surface area (Å²) in [6.07, 6.45) is 0. The number of nitrogens with one attached hydrogen (secondary N) is 1. The normalized spacial score (nSPS) is 10.2. The quantitative estimate of drug-likeness (QED) is 0.887. The lowest BCUT2D eigenvalue weighted by atomic mass is 10.1. The highest BCUT2D eigenvalue weighted by Gasteiger charge is 2.09. The number of halogens is 2. The first-order valence-electron chi connectivity index (χ1n) is 5.40. The predicted molar refractivity (Wildman–Crippen MR) is 73.2 cm³/mol. The number of benzene rings is 2. The van der Waals surface area contributed by atoms with E-state index in [9.17, 15) is 9.18 Å². The van der Waals surface area contributed by atoms with Gasteiger partial charge in [-0.1, -0.05) is 18.2 Å². The molecule has 0 spiro atoms. The van der Waals surface area contributed by atoms with Gasteiger partial charge in [-0.3, -0.25) is 4.79 Å². The Kier molecular flexibility index (Phi) is 3.77. The van der Waals surface area contributed by atoms with E-state index in [4.69, 9.17) is 0 Å². The zero-order valence-corrected chi connectivity index (χ0v) is 11.3. The molecule has 0 aliphatic heterocycles. The first-order chi connectivity index (χ1) is 8.58. The summed E-state index contributed by atoms with van der Waals surface area (Å²) >= 11 is 3.06. The predicted octanol–water partition coefficient (Wildman–Crippen LogP) is 4.15. The molecular formula is C14H11BrFNO. The Morgan fingerprint density at radius 2 is 1.94 bits per heavy atom. The third-order valence-electron chi connectivity index (χ3n) is 2.57. The molecule has 92 valence electrons. The highest BCUT2D eigenvalue weighted by atomic mass is 79.9. The van der Waals surface area contributed by atoms with Crippen LogP contribution in [-0.2, 0) is 0 Å². The van der Waals surface area contributed by atoms with Crippen LogP contribution in [0.4, 0.5) is 10.1 Å². The molecule has 0 radical (unpaired) electrons. The van der Waals surface area contributed by atoms with E-state index in [1.807, 2.05) is 19.1 Å². The molecule has 0 aromatic heterocycles. The molecule has 0 saturated heterocycles. The first-order valence-corrected chi connectivity index (χ1v) is 6.19. The van der Waals surface area contributed by atoms with Crippen molar-refractivity contribution in [2.24, 2.45) is 0 Å². The zero-order chi connectivity index (χ0) is 13.1. The molecule has 2 aromatic rings. The fraction of sp³-hybridized carbons (Fsp3) is 0.0714. The molecule has 0 fully saturated rings. The standard InChI is InChI=1S/C14H11BrFNO/c1-9-4-2-3-5-11(9)14(18)17-10-6-7-12(15)13(16)8-10/h2-8H,1H3,(H,17,18). The van der Waals surface area contributed by atoms with Crippen LogP contribution in [0.5, 0.6) is 0 Å². The van der Waals surface area contributed by atoms with Gasteiger partial charge in [-0.25, -0.2) is 4.39 Å². The number of hydrogen-bond acceptors (Lipinski definition) is 1. The lowest BCUT2D eigenvalue weighted by molar-refractivity contribution is 0.102. The summed E-state index contributed by atoms with van der Waals surface area (Å²) in [6, 6.07) is 11.7. The molecule has 0 heterocycles. The van der Waals surface area contributed by atoms with E-state index < -0.39 is 5.82 Å². The molecule has 0 aliphatic rings. The van der Waals surface area contributed by atoms with Gasteiger partial charge in [0.05, 0.1) is 4.47 Å². The Morgan fingerprint density at radius 1 is 1.22 bits per heavy atom. The van der Waals surface area contributed by atoms with Crippen molar-refractivity contribution < 1.29 is 9.18 Å². The van der Waals surface area contributed by atoms with Crippen LogP contribution in [0, 0.1) is 12.7 Å². The van der Waals surface area contributed by atoms with Crippen LogP contribution in [0.25, 0.3) is 0 Å². The van der Waals surface area contributed by atoms with E-state index >= 15 is 0 Å². The van der Waals surface area contributed by atoms with Crippen molar-refractivity contribution in [3.63, 3.8) is 0 Å². The number of carbonyl (C=O) groups excluding carboxylic acids is 1. The molecule has 0 atom stereocenters. The highest BCUT2D eigenvalue weighted by molar-refractivity contribution is 9.10. The molecule has 2 nitrogen and oxygen atoms in total. The number of rotatable bonds is 2. The number of carbonyl (C=O) groups is 1. The Hall–Kier alpha value is -1.68. The second-order valence-corrected chi connectivity index (χ2v) is 4.75. The van der Waals surface area contributed by atoms with Crippen molar-refractivity contribution in [1.82, 2.24) is 0 Å². The molecule has 2 rings (SSSR count). The molecule has 2 aromatic carbocycles. The minimum absolute atomic E-state index is 0.241.